The summed E-state index contributed by atoms with van der Waals surface area (Å²) in [4.78, 5) is 49.7. The number of carbonyl (C=O) groups excluding carboxylic acids is 2. The number of allylic oxidation sites excluding steroid dienone is 5. The summed E-state index contributed by atoms with van der Waals surface area (Å²) in [5.74, 6) is -0.600. The van der Waals surface area contributed by atoms with Gasteiger partial charge >= 0.3 is 11.9 Å². The van der Waals surface area contributed by atoms with Crippen LogP contribution in [-0.4, -0.2) is 47.3 Å². The number of Topliss-reactive ketones (excluding diaryl/α,β-unsaturated/α-hetero) is 1. The van der Waals surface area contributed by atoms with Crippen molar-refractivity contribution < 1.29 is 34.2 Å². The van der Waals surface area contributed by atoms with Crippen molar-refractivity contribution in [1.29, 1.82) is 0 Å². The second kappa shape index (κ2) is 14.3. The molecule has 43 heavy (non-hydrogen) atoms. The lowest BCUT2D eigenvalue weighted by atomic mass is 9.40. The average Bonchev–Trinajstić information content (AvgIpc) is 3.21. The minimum absolute atomic E-state index is 0.0402. The number of ketones is 1. The van der Waals surface area contributed by atoms with Crippen LogP contribution in [0.15, 0.2) is 41.3 Å². The van der Waals surface area contributed by atoms with Crippen LogP contribution in [-0.2, 0) is 24.0 Å². The predicted molar refractivity (Wildman–Crippen MR) is 164 cm³/mol. The minimum atomic E-state index is -0.693. The molecule has 0 heterocycles. The number of aliphatic hydroxyl groups is 1. The Bertz CT molecular complexity index is 1130. The van der Waals surface area contributed by atoms with Gasteiger partial charge in [0.2, 0.25) is 0 Å². The second-order valence-corrected chi connectivity index (χ2v) is 13.7. The summed E-state index contributed by atoms with van der Waals surface area (Å²) in [6.07, 6.45) is 12.8. The van der Waals surface area contributed by atoms with E-state index < -0.39 is 18.0 Å². The standard InChI is InChI=1S/C29H41NO6.C5H10O2/c1-18-11-12-28(4)20(14-18)9-10-21-22-15-19(2)26(27(22,3)16-24(32)29(21,28)5)23(31)17-35-25(33)8-6-7-13-36-30-34;1-2-3-4-5(6)7/h11-12,14,19,21-22,24,26,32H,1,6-10,13,15-17H2,2-5H3;2-4H2,1H3,(H,6,7). The highest BCUT2D eigenvalue weighted by Gasteiger charge is 2.68. The molecule has 3 fully saturated rings. The number of aliphatic hydroxyl groups excluding tert-OH is 1. The summed E-state index contributed by atoms with van der Waals surface area (Å²) < 4.78 is 5.34. The quantitative estimate of drug-likeness (QED) is 0.108. The molecule has 0 saturated heterocycles. The lowest BCUT2D eigenvalue weighted by Crippen LogP contribution is -2.62. The molecule has 4 aliphatic rings. The van der Waals surface area contributed by atoms with Crippen molar-refractivity contribution in [3.8, 4) is 0 Å². The van der Waals surface area contributed by atoms with E-state index in [0.29, 0.717) is 37.5 Å². The van der Waals surface area contributed by atoms with Gasteiger partial charge in [0.25, 0.3) is 0 Å². The number of rotatable bonds is 12. The lowest BCUT2D eigenvalue weighted by Gasteiger charge is -2.65. The molecule has 9 heteroatoms. The van der Waals surface area contributed by atoms with Gasteiger partial charge in [-0.15, -0.1) is 4.91 Å². The van der Waals surface area contributed by atoms with Gasteiger partial charge in [-0.2, -0.15) is 0 Å². The van der Waals surface area contributed by atoms with Crippen molar-refractivity contribution in [3.05, 3.63) is 40.9 Å². The monoisotopic (exact) mass is 601 g/mol. The molecule has 240 valence electrons. The number of unbranched alkanes of at least 4 members (excludes halogenated alkanes) is 2. The summed E-state index contributed by atoms with van der Waals surface area (Å²) in [6, 6.07) is 0. The molecule has 0 amide bonds. The summed E-state index contributed by atoms with van der Waals surface area (Å²) in [5.41, 5.74) is 1.50. The molecule has 0 radical (unpaired) electrons. The minimum Gasteiger partial charge on any atom is -0.481 e. The molecule has 4 rings (SSSR count). The fraction of sp³-hybridized carbons (Fsp3) is 0.735. The maximum Gasteiger partial charge on any atom is 0.306 e. The van der Waals surface area contributed by atoms with E-state index in [-0.39, 0.29) is 53.5 Å². The SMILES string of the molecule is C=C1C=CC2(C)C(=C1)CCC1C3CC(C)C(C(=O)COC(=O)CCCCON=O)C3(C)CC(O)C12C.CCCCC(=O)O. The highest BCUT2D eigenvalue weighted by atomic mass is 16.7. The van der Waals surface area contributed by atoms with Gasteiger partial charge in [-0.25, -0.2) is 0 Å². The third-order valence-electron chi connectivity index (χ3n) is 11.2. The molecule has 9 nitrogen and oxygen atoms in total. The number of hydrogen-bond donors (Lipinski definition) is 2. The number of carbonyl (C=O) groups is 3. The molecule has 3 saturated carbocycles. The third kappa shape index (κ3) is 6.97. The first-order valence-corrected chi connectivity index (χ1v) is 15.9. The van der Waals surface area contributed by atoms with E-state index in [1.807, 2.05) is 6.92 Å². The zero-order valence-corrected chi connectivity index (χ0v) is 26.6. The predicted octanol–water partition coefficient (Wildman–Crippen LogP) is 6.75. The van der Waals surface area contributed by atoms with Gasteiger partial charge < -0.3 is 19.8 Å². The number of hydrogen-bond acceptors (Lipinski definition) is 8. The van der Waals surface area contributed by atoms with Crippen molar-refractivity contribution in [2.24, 2.45) is 45.3 Å². The van der Waals surface area contributed by atoms with Gasteiger partial charge in [0, 0.05) is 29.6 Å². The van der Waals surface area contributed by atoms with E-state index in [9.17, 15) is 24.4 Å². The zero-order chi connectivity index (χ0) is 32.0. The highest BCUT2D eigenvalue weighted by Crippen LogP contribution is 2.72. The van der Waals surface area contributed by atoms with E-state index in [1.165, 1.54) is 5.57 Å². The van der Waals surface area contributed by atoms with Gasteiger partial charge in [-0.1, -0.05) is 71.4 Å². The molecule has 0 aromatic rings. The van der Waals surface area contributed by atoms with Crippen LogP contribution in [0.5, 0.6) is 0 Å². The number of aliphatic carboxylic acids is 1. The Morgan fingerprint density at radius 1 is 1.12 bits per heavy atom. The van der Waals surface area contributed by atoms with Crippen molar-refractivity contribution >= 4 is 17.7 Å². The third-order valence-corrected chi connectivity index (χ3v) is 11.2. The van der Waals surface area contributed by atoms with E-state index in [1.54, 1.807) is 0 Å². The molecule has 0 aromatic carbocycles. The Labute approximate surface area is 256 Å². The van der Waals surface area contributed by atoms with Gasteiger partial charge in [0.15, 0.2) is 11.1 Å². The lowest BCUT2D eigenvalue weighted by molar-refractivity contribution is -0.179. The van der Waals surface area contributed by atoms with Crippen LogP contribution < -0.4 is 0 Å². The largest absolute Gasteiger partial charge is 0.481 e. The Kier molecular flexibility index (Phi) is 11.5. The van der Waals surface area contributed by atoms with Gasteiger partial charge in [0.05, 0.1) is 6.10 Å². The fourth-order valence-corrected chi connectivity index (χ4v) is 8.89. The Hall–Kier alpha value is -2.81. The van der Waals surface area contributed by atoms with E-state index in [0.717, 1.165) is 37.7 Å². The van der Waals surface area contributed by atoms with Crippen LogP contribution >= 0.6 is 0 Å². The molecule has 4 aliphatic carbocycles. The molecule has 2 N–H and O–H groups in total. The summed E-state index contributed by atoms with van der Waals surface area (Å²) in [6.45, 7) is 14.9. The van der Waals surface area contributed by atoms with Crippen molar-refractivity contribution in [2.45, 2.75) is 105 Å². The number of ether oxygens (including phenoxy) is 1. The Morgan fingerprint density at radius 3 is 2.47 bits per heavy atom. The Morgan fingerprint density at radius 2 is 1.84 bits per heavy atom. The van der Waals surface area contributed by atoms with Crippen LogP contribution in [0.25, 0.3) is 0 Å². The molecular formula is C34H51NO8. The highest BCUT2D eigenvalue weighted by molar-refractivity contribution is 5.85. The van der Waals surface area contributed by atoms with Crippen molar-refractivity contribution in [3.63, 3.8) is 0 Å². The summed E-state index contributed by atoms with van der Waals surface area (Å²) in [7, 11) is 0. The number of carboxylic acid groups (broad SMARTS) is 1. The zero-order valence-electron chi connectivity index (χ0n) is 26.6. The topological polar surface area (TPSA) is 140 Å². The number of fused-ring (bicyclic) bond motifs is 5. The van der Waals surface area contributed by atoms with Crippen molar-refractivity contribution in [1.82, 2.24) is 0 Å². The molecule has 8 atom stereocenters. The van der Waals surface area contributed by atoms with Gasteiger partial charge in [0.1, 0.15) is 13.2 Å². The molecule has 0 bridgehead atoms. The van der Waals surface area contributed by atoms with E-state index >= 15 is 0 Å². The van der Waals surface area contributed by atoms with Gasteiger partial charge in [-0.3, -0.25) is 14.4 Å². The maximum atomic E-state index is 13.5. The number of nitrogens with zero attached hydrogens (tertiary/aromatic N) is 1. The van der Waals surface area contributed by atoms with E-state index in [4.69, 9.17) is 9.84 Å². The first-order valence-electron chi connectivity index (χ1n) is 15.9. The normalized spacial score (nSPS) is 35.7. The average molecular weight is 602 g/mol. The molecule has 0 spiro atoms. The smallest absolute Gasteiger partial charge is 0.306 e. The molecule has 0 aromatic heterocycles. The molecule has 0 aliphatic heterocycles. The van der Waals surface area contributed by atoms with Crippen LogP contribution in [0.1, 0.15) is 98.8 Å². The summed E-state index contributed by atoms with van der Waals surface area (Å²) in [5, 5.41) is 22.2. The first-order chi connectivity index (χ1) is 20.3. The van der Waals surface area contributed by atoms with Crippen LogP contribution in [0.4, 0.5) is 0 Å². The van der Waals surface area contributed by atoms with Crippen LogP contribution in [0, 0.1) is 44.8 Å². The van der Waals surface area contributed by atoms with Crippen LogP contribution in [0.2, 0.25) is 0 Å². The molecular weight excluding hydrogens is 550 g/mol. The first kappa shape index (κ1) is 34.7. The fourth-order valence-electron chi connectivity index (χ4n) is 8.89. The van der Waals surface area contributed by atoms with Crippen molar-refractivity contribution in [2.75, 3.05) is 13.2 Å². The van der Waals surface area contributed by atoms with Crippen LogP contribution in [0.3, 0.4) is 0 Å². The maximum absolute atomic E-state index is 13.5. The second-order valence-electron chi connectivity index (χ2n) is 13.7. The molecule has 8 unspecified atom stereocenters. The van der Waals surface area contributed by atoms with E-state index in [2.05, 4.69) is 62.7 Å². The number of carboxylic acids is 1. The summed E-state index contributed by atoms with van der Waals surface area (Å²) >= 11 is 0. The Balaban J connectivity index is 0.000000646. The number of esters is 1. The van der Waals surface area contributed by atoms with Gasteiger partial charge in [-0.05, 0) is 73.7 Å².